The predicted octanol–water partition coefficient (Wildman–Crippen LogP) is 1.97. The number of hydrogen-bond donors (Lipinski definition) is 2. The number of hydrazone groups is 1. The lowest BCUT2D eigenvalue weighted by molar-refractivity contribution is -0.120. The molecule has 0 radical (unpaired) electrons. The highest BCUT2D eigenvalue weighted by atomic mass is 16.5. The summed E-state index contributed by atoms with van der Waals surface area (Å²) in [5.41, 5.74) is 2.86. The molecule has 0 atom stereocenters. The van der Waals surface area contributed by atoms with E-state index in [1.165, 1.54) is 30.9 Å². The molecule has 0 bridgehead atoms. The van der Waals surface area contributed by atoms with Crippen LogP contribution in [0.5, 0.6) is 5.75 Å². The molecule has 3 rings (SSSR count). The van der Waals surface area contributed by atoms with Gasteiger partial charge in [0, 0.05) is 0 Å². The summed E-state index contributed by atoms with van der Waals surface area (Å²) in [6, 6.07) is 12.7. The molecular formula is C19H15N3O6. The number of ether oxygens (including phenoxy) is 1. The number of amides is 2. The molecule has 2 amide bonds. The van der Waals surface area contributed by atoms with Crippen molar-refractivity contribution < 1.29 is 28.0 Å². The van der Waals surface area contributed by atoms with Crippen molar-refractivity contribution >= 4 is 24.0 Å². The number of benzene rings is 1. The van der Waals surface area contributed by atoms with Gasteiger partial charge in [-0.1, -0.05) is 12.1 Å². The van der Waals surface area contributed by atoms with Gasteiger partial charge in [0.1, 0.15) is 5.75 Å². The van der Waals surface area contributed by atoms with E-state index in [0.717, 1.165) is 0 Å². The lowest BCUT2D eigenvalue weighted by atomic mass is 10.2. The first-order valence-corrected chi connectivity index (χ1v) is 8.11. The highest BCUT2D eigenvalue weighted by Crippen LogP contribution is 2.14. The number of furan rings is 2. The first-order valence-electron chi connectivity index (χ1n) is 8.11. The van der Waals surface area contributed by atoms with E-state index in [1.807, 2.05) is 0 Å². The van der Waals surface area contributed by atoms with Crippen LogP contribution in [0.15, 0.2) is 75.0 Å². The molecule has 142 valence electrons. The fraction of sp³-hybridized carbons (Fsp3) is 0.0526. The van der Waals surface area contributed by atoms with Crippen LogP contribution in [0.2, 0.25) is 0 Å². The van der Waals surface area contributed by atoms with Crippen LogP contribution in [-0.2, 0) is 4.79 Å². The number of rotatable bonds is 7. The maximum atomic E-state index is 11.9. The summed E-state index contributed by atoms with van der Waals surface area (Å²) >= 11 is 0. The van der Waals surface area contributed by atoms with Crippen LogP contribution in [-0.4, -0.2) is 30.5 Å². The van der Waals surface area contributed by atoms with Gasteiger partial charge in [-0.05, 0) is 42.0 Å². The van der Waals surface area contributed by atoms with Crippen molar-refractivity contribution in [3.8, 4) is 5.75 Å². The summed E-state index contributed by atoms with van der Waals surface area (Å²) in [5, 5.41) is 6.19. The van der Waals surface area contributed by atoms with Crippen LogP contribution in [0.1, 0.15) is 26.7 Å². The lowest BCUT2D eigenvalue weighted by Crippen LogP contribution is -2.34. The minimum atomic E-state index is -0.625. The molecule has 0 saturated carbocycles. The van der Waals surface area contributed by atoms with E-state index in [9.17, 15) is 14.4 Å². The van der Waals surface area contributed by atoms with E-state index in [2.05, 4.69) is 15.8 Å². The zero-order chi connectivity index (χ0) is 19.8. The minimum Gasteiger partial charge on any atom is -0.459 e. The predicted molar refractivity (Wildman–Crippen MR) is 96.9 cm³/mol. The van der Waals surface area contributed by atoms with Gasteiger partial charge in [0.2, 0.25) is 5.76 Å². The van der Waals surface area contributed by atoms with Crippen molar-refractivity contribution in [2.24, 2.45) is 5.10 Å². The topological polar surface area (TPSA) is 123 Å². The van der Waals surface area contributed by atoms with E-state index >= 15 is 0 Å². The molecule has 9 nitrogen and oxygen atoms in total. The Morgan fingerprint density at radius 3 is 2.46 bits per heavy atom. The van der Waals surface area contributed by atoms with Gasteiger partial charge in [0.15, 0.2) is 5.76 Å². The van der Waals surface area contributed by atoms with Crippen LogP contribution in [0.25, 0.3) is 0 Å². The van der Waals surface area contributed by atoms with Gasteiger partial charge in [0.25, 0.3) is 11.8 Å². The van der Waals surface area contributed by atoms with Crippen LogP contribution in [0.3, 0.4) is 0 Å². The fourth-order valence-electron chi connectivity index (χ4n) is 2.08. The van der Waals surface area contributed by atoms with Gasteiger partial charge in [-0.15, -0.1) is 0 Å². The molecule has 0 aliphatic heterocycles. The maximum Gasteiger partial charge on any atom is 0.379 e. The Kier molecular flexibility index (Phi) is 5.99. The molecule has 2 heterocycles. The lowest BCUT2D eigenvalue weighted by Gasteiger charge is -2.03. The van der Waals surface area contributed by atoms with E-state index in [-0.39, 0.29) is 18.1 Å². The Morgan fingerprint density at radius 1 is 1.00 bits per heavy atom. The number of hydrogen-bond acceptors (Lipinski definition) is 7. The smallest absolute Gasteiger partial charge is 0.379 e. The number of esters is 1. The molecule has 1 aromatic carbocycles. The standard InChI is InChI=1S/C19H15N3O6/c23-17(12-20-18(24)15-6-2-8-26-15)22-21-11-13-4-1-5-14(10-13)28-19(25)16-7-3-9-27-16/h1-11H,12H2,(H,20,24)(H,22,23)/b21-11-. The molecule has 0 aliphatic rings. The maximum absolute atomic E-state index is 11.9. The zero-order valence-electron chi connectivity index (χ0n) is 14.5. The normalized spacial score (nSPS) is 10.6. The van der Waals surface area contributed by atoms with Crippen LogP contribution < -0.4 is 15.5 Å². The SMILES string of the molecule is O=C(CNC(=O)c1ccco1)N/N=C\c1cccc(OC(=O)c2ccco2)c1. The van der Waals surface area contributed by atoms with E-state index in [0.29, 0.717) is 11.3 Å². The van der Waals surface area contributed by atoms with Crippen LogP contribution in [0.4, 0.5) is 0 Å². The summed E-state index contributed by atoms with van der Waals surface area (Å²) < 4.78 is 15.1. The van der Waals surface area contributed by atoms with Crippen molar-refractivity contribution in [1.82, 2.24) is 10.7 Å². The van der Waals surface area contributed by atoms with Crippen molar-refractivity contribution in [2.75, 3.05) is 6.54 Å². The third kappa shape index (κ3) is 5.18. The molecule has 0 saturated heterocycles. The van der Waals surface area contributed by atoms with Gasteiger partial charge in [-0.3, -0.25) is 9.59 Å². The second-order valence-electron chi connectivity index (χ2n) is 5.39. The Balaban J connectivity index is 1.48. The first-order chi connectivity index (χ1) is 13.6. The van der Waals surface area contributed by atoms with Crippen molar-refractivity contribution in [3.05, 3.63) is 78.1 Å². The number of carbonyl (C=O) groups is 3. The average Bonchev–Trinajstić information content (AvgIpc) is 3.40. The molecule has 3 aromatic rings. The molecule has 0 unspecified atom stereocenters. The van der Waals surface area contributed by atoms with Crippen LogP contribution in [0, 0.1) is 0 Å². The highest BCUT2D eigenvalue weighted by Gasteiger charge is 2.11. The van der Waals surface area contributed by atoms with Crippen molar-refractivity contribution in [1.29, 1.82) is 0 Å². The Labute approximate surface area is 159 Å². The first kappa shape index (κ1) is 18.6. The Bertz CT molecular complexity index is 977. The third-order valence-electron chi connectivity index (χ3n) is 3.35. The number of nitrogens with zero attached hydrogens (tertiary/aromatic N) is 1. The molecule has 2 aromatic heterocycles. The van der Waals surface area contributed by atoms with Gasteiger partial charge < -0.3 is 18.9 Å². The van der Waals surface area contributed by atoms with Crippen molar-refractivity contribution in [2.45, 2.75) is 0 Å². The summed E-state index contributed by atoms with van der Waals surface area (Å²) in [4.78, 5) is 35.2. The third-order valence-corrected chi connectivity index (χ3v) is 3.35. The van der Waals surface area contributed by atoms with E-state index in [4.69, 9.17) is 13.6 Å². The summed E-state index contributed by atoms with van der Waals surface area (Å²) in [6.07, 6.45) is 4.11. The van der Waals surface area contributed by atoms with Gasteiger partial charge in [-0.25, -0.2) is 10.2 Å². The molecular weight excluding hydrogens is 366 g/mol. The fourth-order valence-corrected chi connectivity index (χ4v) is 2.08. The number of carbonyl (C=O) groups excluding carboxylic acids is 3. The van der Waals surface area contributed by atoms with E-state index < -0.39 is 17.8 Å². The largest absolute Gasteiger partial charge is 0.459 e. The van der Waals surface area contributed by atoms with Crippen LogP contribution >= 0.6 is 0 Å². The minimum absolute atomic E-state index is 0.0860. The zero-order valence-corrected chi connectivity index (χ0v) is 14.5. The van der Waals surface area contributed by atoms with E-state index in [1.54, 1.807) is 36.4 Å². The Hall–Kier alpha value is -4.14. The Morgan fingerprint density at radius 2 is 1.75 bits per heavy atom. The molecule has 0 spiro atoms. The second-order valence-corrected chi connectivity index (χ2v) is 5.39. The molecule has 28 heavy (non-hydrogen) atoms. The molecule has 0 fully saturated rings. The summed E-state index contributed by atoms with van der Waals surface area (Å²) in [7, 11) is 0. The van der Waals surface area contributed by atoms with Crippen molar-refractivity contribution in [3.63, 3.8) is 0 Å². The summed E-state index contributed by atoms with van der Waals surface area (Å²) in [5.74, 6) is -1.16. The number of nitrogens with one attached hydrogen (secondary N) is 2. The molecule has 2 N–H and O–H groups in total. The highest BCUT2D eigenvalue weighted by molar-refractivity contribution is 5.94. The quantitative estimate of drug-likeness (QED) is 0.279. The van der Waals surface area contributed by atoms with Gasteiger partial charge in [-0.2, -0.15) is 5.10 Å². The van der Waals surface area contributed by atoms with Gasteiger partial charge >= 0.3 is 5.97 Å². The molecule has 0 aliphatic carbocycles. The monoisotopic (exact) mass is 381 g/mol. The second kappa shape index (κ2) is 8.99. The summed E-state index contributed by atoms with van der Waals surface area (Å²) in [6.45, 7) is -0.266. The van der Waals surface area contributed by atoms with Gasteiger partial charge in [0.05, 0.1) is 25.3 Å². The molecule has 9 heteroatoms. The average molecular weight is 381 g/mol.